The van der Waals surface area contributed by atoms with Gasteiger partial charge in [-0.2, -0.15) is 0 Å². The highest BCUT2D eigenvalue weighted by Gasteiger charge is 2.09. The summed E-state index contributed by atoms with van der Waals surface area (Å²) >= 11 is 11.7. The molecule has 2 N–H and O–H groups in total. The molecule has 1 unspecified atom stereocenters. The van der Waals surface area contributed by atoms with Crippen molar-refractivity contribution in [2.45, 2.75) is 32.4 Å². The minimum absolute atomic E-state index is 0.00263. The Morgan fingerprint density at radius 2 is 2.18 bits per heavy atom. The molecule has 0 fully saturated rings. The fourth-order valence-electron chi connectivity index (χ4n) is 1.52. The molecular weight excluding hydrogens is 257 g/mol. The number of halogens is 2. The maximum atomic E-state index is 9.76. The van der Waals surface area contributed by atoms with Gasteiger partial charge in [0.15, 0.2) is 0 Å². The number of phenols is 1. The number of nitrogens with one attached hydrogen (secondary N) is 1. The van der Waals surface area contributed by atoms with Crippen LogP contribution in [-0.4, -0.2) is 11.1 Å². The summed E-state index contributed by atoms with van der Waals surface area (Å²) in [5.74, 6) is 2.71. The van der Waals surface area contributed by atoms with E-state index in [1.54, 1.807) is 6.07 Å². The number of hydrogen-bond acceptors (Lipinski definition) is 2. The molecule has 0 aliphatic rings. The summed E-state index contributed by atoms with van der Waals surface area (Å²) in [6.07, 6.45) is 7.29. The Balaban J connectivity index is 2.72. The second kappa shape index (κ2) is 6.76. The van der Waals surface area contributed by atoms with E-state index in [1.807, 2.05) is 0 Å². The smallest absolute Gasteiger partial charge is 0.138 e. The Morgan fingerprint density at radius 3 is 2.76 bits per heavy atom. The van der Waals surface area contributed by atoms with Gasteiger partial charge in [-0.15, -0.1) is 6.42 Å². The number of phenolic OH excluding ortho intramolecular Hbond substituents is 1. The van der Waals surface area contributed by atoms with Crippen molar-refractivity contribution in [3.63, 3.8) is 0 Å². The monoisotopic (exact) mass is 271 g/mol. The molecule has 4 heteroatoms. The van der Waals surface area contributed by atoms with Crippen LogP contribution in [0.4, 0.5) is 0 Å². The third-order valence-electron chi connectivity index (χ3n) is 2.42. The lowest BCUT2D eigenvalue weighted by Crippen LogP contribution is -2.26. The van der Waals surface area contributed by atoms with E-state index < -0.39 is 0 Å². The molecule has 92 valence electrons. The zero-order valence-electron chi connectivity index (χ0n) is 9.63. The average molecular weight is 272 g/mol. The van der Waals surface area contributed by atoms with Crippen molar-refractivity contribution in [2.24, 2.45) is 0 Å². The third kappa shape index (κ3) is 4.12. The second-order valence-corrected chi connectivity index (χ2v) is 4.63. The number of benzene rings is 1. The number of hydrogen-bond donors (Lipinski definition) is 2. The molecule has 0 saturated carbocycles. The van der Waals surface area contributed by atoms with Crippen LogP contribution in [0.2, 0.25) is 10.0 Å². The van der Waals surface area contributed by atoms with Gasteiger partial charge in [0.2, 0.25) is 0 Å². The van der Waals surface area contributed by atoms with Gasteiger partial charge in [0.25, 0.3) is 0 Å². The number of terminal acetylenes is 1. The number of aromatic hydroxyl groups is 1. The molecule has 1 aromatic rings. The Morgan fingerprint density at radius 1 is 1.47 bits per heavy atom. The number of rotatable bonds is 5. The van der Waals surface area contributed by atoms with Gasteiger partial charge in [-0.05, 0) is 18.6 Å². The van der Waals surface area contributed by atoms with Crippen LogP contribution in [0.1, 0.15) is 25.3 Å². The molecule has 0 aromatic heterocycles. The van der Waals surface area contributed by atoms with Gasteiger partial charge in [-0.1, -0.05) is 42.5 Å². The summed E-state index contributed by atoms with van der Waals surface area (Å²) in [6, 6.07) is 3.18. The Bertz CT molecular complexity index is 426. The Kier molecular flexibility index (Phi) is 5.64. The first kappa shape index (κ1) is 14.2. The summed E-state index contributed by atoms with van der Waals surface area (Å²) in [5, 5.41) is 13.7. The molecule has 0 aliphatic heterocycles. The summed E-state index contributed by atoms with van der Waals surface area (Å²) in [5.41, 5.74) is 0.652. The predicted molar refractivity (Wildman–Crippen MR) is 72.5 cm³/mol. The highest BCUT2D eigenvalue weighted by molar-refractivity contribution is 6.35. The molecule has 0 saturated heterocycles. The topological polar surface area (TPSA) is 32.3 Å². The maximum absolute atomic E-state index is 9.76. The van der Waals surface area contributed by atoms with Gasteiger partial charge < -0.3 is 5.11 Å². The van der Waals surface area contributed by atoms with Crippen LogP contribution in [-0.2, 0) is 6.54 Å². The molecular formula is C13H15Cl2NO. The van der Waals surface area contributed by atoms with E-state index in [0.29, 0.717) is 17.1 Å². The molecule has 0 amide bonds. The zero-order valence-corrected chi connectivity index (χ0v) is 11.1. The first-order valence-corrected chi connectivity index (χ1v) is 6.20. The van der Waals surface area contributed by atoms with Gasteiger partial charge in [-0.25, -0.2) is 0 Å². The van der Waals surface area contributed by atoms with Crippen LogP contribution >= 0.6 is 23.2 Å². The van der Waals surface area contributed by atoms with Crippen molar-refractivity contribution < 1.29 is 5.11 Å². The van der Waals surface area contributed by atoms with Gasteiger partial charge in [0, 0.05) is 17.1 Å². The van der Waals surface area contributed by atoms with Crippen molar-refractivity contribution in [3.05, 3.63) is 27.7 Å². The SMILES string of the molecule is C#CC(CCC)NCc1cc(Cl)cc(Cl)c1O. The zero-order chi connectivity index (χ0) is 12.8. The quantitative estimate of drug-likeness (QED) is 0.803. The lowest BCUT2D eigenvalue weighted by Gasteiger charge is -2.13. The minimum atomic E-state index is -0.00263. The van der Waals surface area contributed by atoms with Gasteiger partial charge in [-0.3, -0.25) is 5.32 Å². The van der Waals surface area contributed by atoms with Gasteiger partial charge in [0.05, 0.1) is 11.1 Å². The van der Waals surface area contributed by atoms with Crippen LogP contribution in [0.25, 0.3) is 0 Å². The van der Waals surface area contributed by atoms with Crippen molar-refractivity contribution in [3.8, 4) is 18.1 Å². The van der Waals surface area contributed by atoms with Crippen LogP contribution in [0.5, 0.6) is 5.75 Å². The summed E-state index contributed by atoms with van der Waals surface area (Å²) in [4.78, 5) is 0. The fourth-order valence-corrected chi connectivity index (χ4v) is 2.06. The van der Waals surface area contributed by atoms with E-state index >= 15 is 0 Å². The van der Waals surface area contributed by atoms with E-state index in [4.69, 9.17) is 29.6 Å². The molecule has 0 heterocycles. The van der Waals surface area contributed by atoms with E-state index in [1.165, 1.54) is 6.07 Å². The third-order valence-corrected chi connectivity index (χ3v) is 2.93. The highest BCUT2D eigenvalue weighted by Crippen LogP contribution is 2.31. The van der Waals surface area contributed by atoms with Crippen LogP contribution < -0.4 is 5.32 Å². The predicted octanol–water partition coefficient (Wildman–Crippen LogP) is 3.59. The second-order valence-electron chi connectivity index (χ2n) is 3.78. The molecule has 1 rings (SSSR count). The summed E-state index contributed by atoms with van der Waals surface area (Å²) in [6.45, 7) is 2.51. The minimum Gasteiger partial charge on any atom is -0.506 e. The van der Waals surface area contributed by atoms with E-state index in [-0.39, 0.29) is 16.8 Å². The van der Waals surface area contributed by atoms with Crippen molar-refractivity contribution in [1.82, 2.24) is 5.32 Å². The van der Waals surface area contributed by atoms with E-state index in [9.17, 15) is 5.11 Å². The van der Waals surface area contributed by atoms with Gasteiger partial charge in [0.1, 0.15) is 5.75 Å². The lowest BCUT2D eigenvalue weighted by atomic mass is 10.1. The molecule has 1 atom stereocenters. The van der Waals surface area contributed by atoms with E-state index in [0.717, 1.165) is 12.8 Å². The van der Waals surface area contributed by atoms with Crippen LogP contribution in [0.15, 0.2) is 12.1 Å². The molecule has 0 bridgehead atoms. The van der Waals surface area contributed by atoms with Crippen molar-refractivity contribution >= 4 is 23.2 Å². The summed E-state index contributed by atoms with van der Waals surface area (Å²) < 4.78 is 0. The van der Waals surface area contributed by atoms with Crippen molar-refractivity contribution in [2.75, 3.05) is 0 Å². The Hall–Kier alpha value is -0.880. The largest absolute Gasteiger partial charge is 0.506 e. The van der Waals surface area contributed by atoms with Crippen LogP contribution in [0, 0.1) is 12.3 Å². The fraction of sp³-hybridized carbons (Fsp3) is 0.385. The van der Waals surface area contributed by atoms with E-state index in [2.05, 4.69) is 18.2 Å². The Labute approximate surface area is 112 Å². The standard InChI is InChI=1S/C13H15Cl2NO/c1-3-5-11(4-2)16-8-9-6-10(14)7-12(15)13(9)17/h2,6-7,11,16-17H,3,5,8H2,1H3. The van der Waals surface area contributed by atoms with Crippen molar-refractivity contribution in [1.29, 1.82) is 0 Å². The highest BCUT2D eigenvalue weighted by atomic mass is 35.5. The molecule has 17 heavy (non-hydrogen) atoms. The molecule has 2 nitrogen and oxygen atoms in total. The molecule has 1 aromatic carbocycles. The summed E-state index contributed by atoms with van der Waals surface area (Å²) in [7, 11) is 0. The average Bonchev–Trinajstić information content (AvgIpc) is 2.30. The first-order chi connectivity index (χ1) is 8.08. The molecule has 0 radical (unpaired) electrons. The first-order valence-electron chi connectivity index (χ1n) is 5.44. The molecule has 0 spiro atoms. The van der Waals surface area contributed by atoms with Gasteiger partial charge >= 0.3 is 0 Å². The molecule has 0 aliphatic carbocycles. The van der Waals surface area contributed by atoms with Crippen LogP contribution in [0.3, 0.4) is 0 Å². The maximum Gasteiger partial charge on any atom is 0.138 e. The normalized spacial score (nSPS) is 12.1. The lowest BCUT2D eigenvalue weighted by molar-refractivity contribution is 0.461.